The fraction of sp³-hybridized carbons (Fsp3) is 0.846. The highest BCUT2D eigenvalue weighted by Crippen LogP contribution is 2.68. The summed E-state index contributed by atoms with van der Waals surface area (Å²) >= 11 is 0. The van der Waals surface area contributed by atoms with Crippen LogP contribution in [-0.2, 0) is 28.8 Å². The maximum Gasteiger partial charge on any atom is 0.320 e. The van der Waals surface area contributed by atoms with Crippen molar-refractivity contribution in [3.8, 4) is 0 Å². The van der Waals surface area contributed by atoms with Crippen LogP contribution in [0.1, 0.15) is 97.8 Å². The number of rotatable bonds is 22. The molecule has 0 saturated heterocycles. The van der Waals surface area contributed by atoms with Gasteiger partial charge in [-0.3, -0.25) is 38.6 Å². The van der Waals surface area contributed by atoms with Gasteiger partial charge in [0, 0.05) is 45.1 Å². The van der Waals surface area contributed by atoms with Crippen molar-refractivity contribution in [2.24, 2.45) is 46.3 Å². The smallest absolute Gasteiger partial charge is 0.320 e. The Morgan fingerprint density at radius 2 is 1.45 bits per heavy atom. The van der Waals surface area contributed by atoms with E-state index in [0.29, 0.717) is 36.0 Å². The van der Waals surface area contributed by atoms with Crippen LogP contribution in [-0.4, -0.2) is 140 Å². The standard InChI is InChI=1S/C39H64N4O12/c1-23(4-11-33(46)47)27-7-8-28-26-6-5-24-18-25(12-13-38(24,2)29(26)19-31(44)39(27,28)3)41-32(45)10-9-30(37(54)55)43(15-14-40-20-34(48)49)17-16-42(21-35(50)51)22-36(52)53/h23-31,40,44H,4-22H2,1-3H3,(H,41,45)(H,46,47)(H,48,49)(H,50,51)(H,52,53)(H,54,55)/t23?,24-,25+,26?,27-,28?,29?,30-,31+,38+,39-/m1/s1. The van der Waals surface area contributed by atoms with E-state index in [1.807, 2.05) is 0 Å². The van der Waals surface area contributed by atoms with E-state index in [0.717, 1.165) is 51.4 Å². The first-order valence-corrected chi connectivity index (χ1v) is 20.1. The molecule has 4 rings (SSSR count). The molecule has 4 fully saturated rings. The van der Waals surface area contributed by atoms with Crippen LogP contribution in [0.3, 0.4) is 0 Å². The molecule has 0 aliphatic heterocycles. The summed E-state index contributed by atoms with van der Waals surface area (Å²) in [5, 5.41) is 64.6. The molecule has 0 spiro atoms. The summed E-state index contributed by atoms with van der Waals surface area (Å²) < 4.78 is 0. The van der Waals surface area contributed by atoms with Crippen molar-refractivity contribution in [2.75, 3.05) is 45.8 Å². The van der Waals surface area contributed by atoms with E-state index in [1.165, 1.54) is 9.80 Å². The molecule has 0 aromatic heterocycles. The zero-order valence-electron chi connectivity index (χ0n) is 32.7. The van der Waals surface area contributed by atoms with Crippen LogP contribution in [0.2, 0.25) is 0 Å². The lowest BCUT2D eigenvalue weighted by molar-refractivity contribution is -0.170. The van der Waals surface area contributed by atoms with Crippen molar-refractivity contribution in [2.45, 2.75) is 116 Å². The van der Waals surface area contributed by atoms with Gasteiger partial charge >= 0.3 is 29.8 Å². The van der Waals surface area contributed by atoms with Crippen LogP contribution in [0.25, 0.3) is 0 Å². The minimum Gasteiger partial charge on any atom is -0.481 e. The van der Waals surface area contributed by atoms with Crippen LogP contribution >= 0.6 is 0 Å². The molecule has 11 atom stereocenters. The third-order valence-corrected chi connectivity index (χ3v) is 14.4. The molecule has 4 unspecified atom stereocenters. The van der Waals surface area contributed by atoms with Gasteiger partial charge in [0.15, 0.2) is 0 Å². The van der Waals surface area contributed by atoms with Crippen molar-refractivity contribution >= 4 is 35.8 Å². The van der Waals surface area contributed by atoms with Gasteiger partial charge in [-0.2, -0.15) is 0 Å². The normalized spacial score (nSPS) is 32.5. The third kappa shape index (κ3) is 11.0. The molecular formula is C39H64N4O12. The molecule has 16 heteroatoms. The van der Waals surface area contributed by atoms with Gasteiger partial charge in [0.05, 0.1) is 25.7 Å². The van der Waals surface area contributed by atoms with E-state index in [4.69, 9.17) is 5.11 Å². The van der Waals surface area contributed by atoms with Crippen molar-refractivity contribution in [3.63, 3.8) is 0 Å². The molecule has 8 N–H and O–H groups in total. The number of aliphatic hydroxyl groups is 1. The second-order valence-corrected chi connectivity index (χ2v) is 17.4. The molecule has 0 aromatic carbocycles. The van der Waals surface area contributed by atoms with Gasteiger partial charge in [-0.15, -0.1) is 0 Å². The SMILES string of the molecule is CC(CCC(=O)O)[C@H]1CCC2C3CC[C@@H]4C[C@@H](NC(=O)CC[C@H](C(=O)O)N(CCNCC(=O)O)CCN(CC(=O)O)CC(=O)O)CC[C@]4(C)C3C[C@H](O)[C@@]21C. The average molecular weight is 781 g/mol. The number of carbonyl (C=O) groups excluding carboxylic acids is 1. The van der Waals surface area contributed by atoms with E-state index in [9.17, 15) is 54.3 Å². The summed E-state index contributed by atoms with van der Waals surface area (Å²) in [6.07, 6.45) is 7.64. The Morgan fingerprint density at radius 1 is 0.764 bits per heavy atom. The van der Waals surface area contributed by atoms with Gasteiger partial charge in [-0.05, 0) is 111 Å². The number of nitrogens with one attached hydrogen (secondary N) is 2. The second kappa shape index (κ2) is 19.2. The first-order chi connectivity index (χ1) is 25.9. The van der Waals surface area contributed by atoms with E-state index < -0.39 is 55.1 Å². The van der Waals surface area contributed by atoms with Gasteiger partial charge < -0.3 is 41.3 Å². The first-order valence-electron chi connectivity index (χ1n) is 20.1. The molecule has 1 amide bonds. The maximum atomic E-state index is 13.3. The maximum absolute atomic E-state index is 13.3. The largest absolute Gasteiger partial charge is 0.481 e. The lowest BCUT2D eigenvalue weighted by Crippen LogP contribution is -2.59. The molecule has 0 bridgehead atoms. The van der Waals surface area contributed by atoms with Crippen LogP contribution in [0.5, 0.6) is 0 Å². The predicted octanol–water partition coefficient (Wildman–Crippen LogP) is 2.28. The number of aliphatic hydroxyl groups excluding tert-OH is 1. The topological polar surface area (TPSA) is 254 Å². The van der Waals surface area contributed by atoms with Gasteiger partial charge in [-0.25, -0.2) is 0 Å². The van der Waals surface area contributed by atoms with E-state index in [-0.39, 0.29) is 80.7 Å². The molecule has 0 heterocycles. The van der Waals surface area contributed by atoms with Gasteiger partial charge in [0.1, 0.15) is 6.04 Å². The number of aliphatic carboxylic acids is 5. The Morgan fingerprint density at radius 3 is 2.07 bits per heavy atom. The molecule has 0 radical (unpaired) electrons. The third-order valence-electron chi connectivity index (χ3n) is 14.4. The second-order valence-electron chi connectivity index (χ2n) is 17.4. The summed E-state index contributed by atoms with van der Waals surface area (Å²) in [7, 11) is 0. The number of carbonyl (C=O) groups is 6. The number of hydrogen-bond donors (Lipinski definition) is 8. The fourth-order valence-electron chi connectivity index (χ4n) is 11.6. The van der Waals surface area contributed by atoms with Crippen molar-refractivity contribution in [1.29, 1.82) is 0 Å². The summed E-state index contributed by atoms with van der Waals surface area (Å²) in [5.74, 6) is -3.62. The van der Waals surface area contributed by atoms with Gasteiger partial charge in [0.25, 0.3) is 0 Å². The predicted molar refractivity (Wildman–Crippen MR) is 199 cm³/mol. The van der Waals surface area contributed by atoms with Crippen molar-refractivity contribution in [3.05, 3.63) is 0 Å². The van der Waals surface area contributed by atoms with E-state index >= 15 is 0 Å². The molecule has 4 saturated carbocycles. The van der Waals surface area contributed by atoms with Gasteiger partial charge in [-0.1, -0.05) is 20.8 Å². The summed E-state index contributed by atoms with van der Waals surface area (Å²) in [6, 6.07) is -1.22. The molecule has 16 nitrogen and oxygen atoms in total. The molecule has 4 aliphatic carbocycles. The van der Waals surface area contributed by atoms with Crippen LogP contribution in [0.15, 0.2) is 0 Å². The highest BCUT2D eigenvalue weighted by atomic mass is 16.4. The molecular weight excluding hydrogens is 716 g/mol. The Bertz CT molecular complexity index is 1380. The quantitative estimate of drug-likeness (QED) is 0.0734. The average Bonchev–Trinajstić information content (AvgIpc) is 3.46. The minimum atomic E-state index is -1.24. The zero-order valence-corrected chi connectivity index (χ0v) is 32.7. The van der Waals surface area contributed by atoms with Crippen molar-refractivity contribution in [1.82, 2.24) is 20.4 Å². The number of nitrogens with zero attached hydrogens (tertiary/aromatic N) is 2. The Labute approximate surface area is 323 Å². The number of carboxylic acids is 5. The fourth-order valence-corrected chi connectivity index (χ4v) is 11.6. The highest BCUT2D eigenvalue weighted by molar-refractivity contribution is 5.78. The summed E-state index contributed by atoms with van der Waals surface area (Å²) in [4.78, 5) is 73.4. The zero-order chi connectivity index (χ0) is 40.7. The monoisotopic (exact) mass is 780 g/mol. The lowest BCUT2D eigenvalue weighted by atomic mass is 9.43. The van der Waals surface area contributed by atoms with E-state index in [1.54, 1.807) is 0 Å². The van der Waals surface area contributed by atoms with Crippen molar-refractivity contribution < 1.29 is 59.4 Å². The lowest BCUT2D eigenvalue weighted by Gasteiger charge is -2.62. The molecule has 4 aliphatic rings. The number of amides is 1. The molecule has 312 valence electrons. The van der Waals surface area contributed by atoms with E-state index in [2.05, 4.69) is 31.4 Å². The Balaban J connectivity index is 1.35. The Kier molecular flexibility index (Phi) is 15.5. The minimum absolute atomic E-state index is 0.0158. The number of hydrogen-bond acceptors (Lipinski definition) is 10. The van der Waals surface area contributed by atoms with Crippen LogP contribution in [0.4, 0.5) is 0 Å². The number of fused-ring (bicyclic) bond motifs is 5. The molecule has 55 heavy (non-hydrogen) atoms. The molecule has 0 aromatic rings. The Hall–Kier alpha value is -3.34. The van der Waals surface area contributed by atoms with Gasteiger partial charge in [0.2, 0.25) is 5.91 Å². The van der Waals surface area contributed by atoms with Crippen LogP contribution < -0.4 is 10.6 Å². The first kappa shape index (κ1) is 44.4. The number of carboxylic acid groups (broad SMARTS) is 5. The summed E-state index contributed by atoms with van der Waals surface area (Å²) in [6.45, 7) is 5.40. The summed E-state index contributed by atoms with van der Waals surface area (Å²) in [5.41, 5.74) is -0.194. The van der Waals surface area contributed by atoms with Crippen LogP contribution in [0, 0.1) is 46.3 Å². The highest BCUT2D eigenvalue weighted by Gasteiger charge is 2.63.